The summed E-state index contributed by atoms with van der Waals surface area (Å²) in [5.41, 5.74) is 1.21. The molecular formula is C23H24O8. The zero-order chi connectivity index (χ0) is 22.5. The van der Waals surface area contributed by atoms with E-state index < -0.39 is 11.6 Å². The fourth-order valence-corrected chi connectivity index (χ4v) is 3.25. The molecule has 0 bridgehead atoms. The molecule has 0 aliphatic carbocycles. The average molecular weight is 428 g/mol. The van der Waals surface area contributed by atoms with Crippen LogP contribution in [0.25, 0.3) is 11.0 Å². The maximum Gasteiger partial charge on any atom is 0.342 e. The molecule has 0 radical (unpaired) electrons. The van der Waals surface area contributed by atoms with Crippen molar-refractivity contribution in [3.05, 3.63) is 57.4 Å². The van der Waals surface area contributed by atoms with Gasteiger partial charge in [0.2, 0.25) is 0 Å². The molecular weight excluding hydrogens is 404 g/mol. The SMILES string of the molecule is CCOc1ccc2c(C)cc(=O)oc2c1COC(=O)c1cc(OC)c(OC)cc1OC. The predicted molar refractivity (Wildman–Crippen MR) is 114 cm³/mol. The van der Waals surface area contributed by atoms with E-state index in [0.717, 1.165) is 10.9 Å². The lowest BCUT2D eigenvalue weighted by Gasteiger charge is -2.15. The van der Waals surface area contributed by atoms with Crippen molar-refractivity contribution in [2.45, 2.75) is 20.5 Å². The summed E-state index contributed by atoms with van der Waals surface area (Å²) in [5.74, 6) is 0.869. The minimum atomic E-state index is -0.646. The monoisotopic (exact) mass is 428 g/mol. The Bertz CT molecular complexity index is 1160. The number of methoxy groups -OCH3 is 3. The summed E-state index contributed by atoms with van der Waals surface area (Å²) >= 11 is 0. The summed E-state index contributed by atoms with van der Waals surface area (Å²) in [7, 11) is 4.39. The third-order valence-corrected chi connectivity index (χ3v) is 4.75. The van der Waals surface area contributed by atoms with Crippen molar-refractivity contribution in [1.82, 2.24) is 0 Å². The van der Waals surface area contributed by atoms with Gasteiger partial charge in [-0.15, -0.1) is 0 Å². The lowest BCUT2D eigenvalue weighted by atomic mass is 10.1. The molecule has 0 spiro atoms. The molecule has 0 N–H and O–H groups in total. The van der Waals surface area contributed by atoms with Crippen molar-refractivity contribution in [1.29, 1.82) is 0 Å². The highest BCUT2D eigenvalue weighted by Crippen LogP contribution is 2.35. The van der Waals surface area contributed by atoms with Crippen molar-refractivity contribution in [2.75, 3.05) is 27.9 Å². The van der Waals surface area contributed by atoms with Crippen LogP contribution >= 0.6 is 0 Å². The molecule has 3 aromatic rings. The van der Waals surface area contributed by atoms with Crippen LogP contribution in [0.3, 0.4) is 0 Å². The minimum absolute atomic E-state index is 0.163. The van der Waals surface area contributed by atoms with E-state index in [-0.39, 0.29) is 17.9 Å². The summed E-state index contributed by atoms with van der Waals surface area (Å²) in [6, 6.07) is 8.01. The maximum atomic E-state index is 12.9. The Balaban J connectivity index is 2.00. The number of hydrogen-bond donors (Lipinski definition) is 0. The van der Waals surface area contributed by atoms with E-state index in [2.05, 4.69) is 0 Å². The van der Waals surface area contributed by atoms with Gasteiger partial charge < -0.3 is 28.1 Å². The number of aryl methyl sites for hydroxylation is 1. The number of carbonyl (C=O) groups is 1. The van der Waals surface area contributed by atoms with Gasteiger partial charge in [-0.1, -0.05) is 0 Å². The van der Waals surface area contributed by atoms with Crippen molar-refractivity contribution < 1.29 is 32.9 Å². The average Bonchev–Trinajstić information content (AvgIpc) is 2.77. The molecule has 0 saturated carbocycles. The number of hydrogen-bond acceptors (Lipinski definition) is 8. The van der Waals surface area contributed by atoms with Gasteiger partial charge in [0, 0.05) is 23.6 Å². The standard InChI is InChI=1S/C23H24O8/c1-6-29-17-8-7-14-13(2)9-21(24)31-22(14)16(17)12-30-23(25)15-10-19(27-4)20(28-5)11-18(15)26-3/h7-11H,6,12H2,1-5H3. The van der Waals surface area contributed by atoms with Crippen LogP contribution < -0.4 is 24.6 Å². The summed E-state index contributed by atoms with van der Waals surface area (Å²) in [4.78, 5) is 24.8. The van der Waals surface area contributed by atoms with Crippen molar-refractivity contribution in [2.24, 2.45) is 0 Å². The largest absolute Gasteiger partial charge is 0.496 e. The van der Waals surface area contributed by atoms with Crippen LogP contribution in [0.4, 0.5) is 0 Å². The number of rotatable bonds is 8. The minimum Gasteiger partial charge on any atom is -0.496 e. The van der Waals surface area contributed by atoms with E-state index in [9.17, 15) is 9.59 Å². The van der Waals surface area contributed by atoms with Gasteiger partial charge in [-0.2, -0.15) is 0 Å². The van der Waals surface area contributed by atoms with Crippen molar-refractivity contribution >= 4 is 16.9 Å². The molecule has 2 aromatic carbocycles. The van der Waals surface area contributed by atoms with Crippen LogP contribution in [-0.4, -0.2) is 33.9 Å². The predicted octanol–water partition coefficient (Wildman–Crippen LogP) is 3.88. The summed E-state index contributed by atoms with van der Waals surface area (Å²) in [6.07, 6.45) is 0. The van der Waals surface area contributed by atoms with Crippen LogP contribution in [0.15, 0.2) is 39.5 Å². The fraction of sp³-hybridized carbons (Fsp3) is 0.304. The van der Waals surface area contributed by atoms with E-state index in [1.54, 1.807) is 18.2 Å². The van der Waals surface area contributed by atoms with Gasteiger partial charge in [0.1, 0.15) is 29.3 Å². The summed E-state index contributed by atoms with van der Waals surface area (Å²) in [6.45, 7) is 3.87. The van der Waals surface area contributed by atoms with Gasteiger partial charge in [-0.3, -0.25) is 0 Å². The molecule has 0 aliphatic rings. The first-order valence-electron chi connectivity index (χ1n) is 9.59. The molecule has 3 rings (SSSR count). The Morgan fingerprint density at radius 3 is 2.26 bits per heavy atom. The molecule has 0 fully saturated rings. The highest BCUT2D eigenvalue weighted by Gasteiger charge is 2.21. The van der Waals surface area contributed by atoms with Gasteiger partial charge in [0.05, 0.1) is 33.5 Å². The first-order valence-corrected chi connectivity index (χ1v) is 9.59. The van der Waals surface area contributed by atoms with Crippen molar-refractivity contribution in [3.63, 3.8) is 0 Å². The Labute approximate surface area is 179 Å². The first kappa shape index (κ1) is 22.0. The Morgan fingerprint density at radius 1 is 0.935 bits per heavy atom. The summed E-state index contributed by atoms with van der Waals surface area (Å²) < 4.78 is 32.4. The van der Waals surface area contributed by atoms with Gasteiger partial charge in [-0.25, -0.2) is 9.59 Å². The molecule has 8 nitrogen and oxygen atoms in total. The molecule has 0 aliphatic heterocycles. The molecule has 31 heavy (non-hydrogen) atoms. The molecule has 0 unspecified atom stereocenters. The lowest BCUT2D eigenvalue weighted by Crippen LogP contribution is -2.10. The van der Waals surface area contributed by atoms with Crippen molar-refractivity contribution in [3.8, 4) is 23.0 Å². The molecule has 8 heteroatoms. The molecule has 1 heterocycles. The zero-order valence-corrected chi connectivity index (χ0v) is 18.1. The Morgan fingerprint density at radius 2 is 1.61 bits per heavy atom. The van der Waals surface area contributed by atoms with Gasteiger partial charge in [-0.05, 0) is 31.5 Å². The number of ether oxygens (including phenoxy) is 5. The fourth-order valence-electron chi connectivity index (χ4n) is 3.25. The van der Waals surface area contributed by atoms with E-state index in [0.29, 0.717) is 35.0 Å². The smallest absolute Gasteiger partial charge is 0.342 e. The van der Waals surface area contributed by atoms with Crippen LogP contribution in [0.5, 0.6) is 23.0 Å². The number of fused-ring (bicyclic) bond motifs is 1. The Kier molecular flexibility index (Phi) is 6.69. The summed E-state index contributed by atoms with van der Waals surface area (Å²) in [5, 5.41) is 0.734. The van der Waals surface area contributed by atoms with E-state index >= 15 is 0 Å². The molecule has 0 saturated heterocycles. The third-order valence-electron chi connectivity index (χ3n) is 4.75. The zero-order valence-electron chi connectivity index (χ0n) is 18.1. The Hall–Kier alpha value is -3.68. The van der Waals surface area contributed by atoms with Crippen LogP contribution in [0.2, 0.25) is 0 Å². The van der Waals surface area contributed by atoms with Gasteiger partial charge in [0.25, 0.3) is 0 Å². The molecule has 0 atom stereocenters. The normalized spacial score (nSPS) is 10.6. The second kappa shape index (κ2) is 9.42. The highest BCUT2D eigenvalue weighted by molar-refractivity contribution is 5.94. The van der Waals surface area contributed by atoms with Crippen LogP contribution in [-0.2, 0) is 11.3 Å². The second-order valence-corrected chi connectivity index (χ2v) is 6.58. The molecule has 0 amide bonds. The lowest BCUT2D eigenvalue weighted by molar-refractivity contribution is 0.0466. The quantitative estimate of drug-likeness (QED) is 0.394. The highest BCUT2D eigenvalue weighted by atomic mass is 16.5. The second-order valence-electron chi connectivity index (χ2n) is 6.58. The number of carbonyl (C=O) groups excluding carboxylic acids is 1. The van der Waals surface area contributed by atoms with E-state index in [1.165, 1.54) is 33.5 Å². The van der Waals surface area contributed by atoms with Crippen LogP contribution in [0.1, 0.15) is 28.4 Å². The van der Waals surface area contributed by atoms with Gasteiger partial charge >= 0.3 is 11.6 Å². The topological polar surface area (TPSA) is 93.4 Å². The van der Waals surface area contributed by atoms with Crippen LogP contribution in [0, 0.1) is 6.92 Å². The maximum absolute atomic E-state index is 12.9. The van der Waals surface area contributed by atoms with E-state index in [1.807, 2.05) is 13.8 Å². The third kappa shape index (κ3) is 4.42. The molecule has 164 valence electrons. The number of esters is 1. The first-order chi connectivity index (χ1) is 14.9. The molecule has 1 aromatic heterocycles. The van der Waals surface area contributed by atoms with Gasteiger partial charge in [0.15, 0.2) is 11.5 Å². The number of benzene rings is 2. The van der Waals surface area contributed by atoms with E-state index in [4.69, 9.17) is 28.1 Å².